The van der Waals surface area contributed by atoms with Crippen LogP contribution >= 0.6 is 0 Å². The summed E-state index contributed by atoms with van der Waals surface area (Å²) < 4.78 is 0. The molecular weight excluding hydrogens is 272 g/mol. The van der Waals surface area contributed by atoms with Crippen molar-refractivity contribution >= 4 is 12.0 Å². The zero-order valence-electron chi connectivity index (χ0n) is 13.1. The van der Waals surface area contributed by atoms with Crippen LogP contribution in [0.4, 0.5) is 4.79 Å². The second-order valence-electron chi connectivity index (χ2n) is 5.21. The van der Waals surface area contributed by atoms with Crippen molar-refractivity contribution in [1.82, 2.24) is 10.2 Å². The molecule has 6 nitrogen and oxygen atoms in total. The van der Waals surface area contributed by atoms with E-state index in [1.807, 2.05) is 0 Å². The van der Waals surface area contributed by atoms with Gasteiger partial charge in [-0.3, -0.25) is 4.79 Å². The third-order valence-electron chi connectivity index (χ3n) is 3.31. The molecule has 0 aromatic carbocycles. The maximum atomic E-state index is 12.1. The number of carboxylic acid groups (broad SMARTS) is 1. The van der Waals surface area contributed by atoms with E-state index in [2.05, 4.69) is 12.2 Å². The van der Waals surface area contributed by atoms with Gasteiger partial charge >= 0.3 is 6.09 Å². The van der Waals surface area contributed by atoms with E-state index in [9.17, 15) is 9.59 Å². The Bertz CT molecular complexity index is 285. The van der Waals surface area contributed by atoms with Gasteiger partial charge in [0.2, 0.25) is 5.91 Å². The molecule has 0 spiro atoms. The van der Waals surface area contributed by atoms with Crippen LogP contribution in [-0.4, -0.2) is 53.4 Å². The molecule has 0 aliphatic rings. The molecule has 0 bridgehead atoms. The average molecular weight is 302 g/mol. The SMILES string of the molecule is CCCCCCCC(=O)N(CCCO)CCCNC(=O)O. The fourth-order valence-corrected chi connectivity index (χ4v) is 2.13. The van der Waals surface area contributed by atoms with Gasteiger partial charge in [-0.1, -0.05) is 32.6 Å². The largest absolute Gasteiger partial charge is 0.465 e. The first-order chi connectivity index (χ1) is 10.1. The minimum atomic E-state index is -1.04. The van der Waals surface area contributed by atoms with E-state index in [0.717, 1.165) is 12.8 Å². The second-order valence-corrected chi connectivity index (χ2v) is 5.21. The lowest BCUT2D eigenvalue weighted by Crippen LogP contribution is -2.35. The molecule has 0 aromatic heterocycles. The molecule has 0 saturated carbocycles. The van der Waals surface area contributed by atoms with E-state index < -0.39 is 6.09 Å². The molecule has 3 N–H and O–H groups in total. The number of carbonyl (C=O) groups is 2. The molecule has 0 heterocycles. The lowest BCUT2D eigenvalue weighted by Gasteiger charge is -2.22. The highest BCUT2D eigenvalue weighted by Gasteiger charge is 2.12. The number of hydrogen-bond donors (Lipinski definition) is 3. The van der Waals surface area contributed by atoms with Crippen molar-refractivity contribution in [3.05, 3.63) is 0 Å². The first-order valence-corrected chi connectivity index (χ1v) is 7.97. The zero-order chi connectivity index (χ0) is 15.9. The standard InChI is InChI=1S/C15H30N2O4/c1-2-3-4-5-6-9-14(19)17(12-8-13-18)11-7-10-16-15(20)21/h16,18H,2-13H2,1H3,(H,20,21). The summed E-state index contributed by atoms with van der Waals surface area (Å²) in [6, 6.07) is 0. The Balaban J connectivity index is 3.95. The van der Waals surface area contributed by atoms with Crippen molar-refractivity contribution in [1.29, 1.82) is 0 Å². The molecule has 0 fully saturated rings. The minimum Gasteiger partial charge on any atom is -0.465 e. The molecule has 0 aliphatic heterocycles. The van der Waals surface area contributed by atoms with Crippen LogP contribution in [0, 0.1) is 0 Å². The van der Waals surface area contributed by atoms with Crippen LogP contribution in [0.2, 0.25) is 0 Å². The predicted octanol–water partition coefficient (Wildman–Crippen LogP) is 2.22. The molecule has 124 valence electrons. The fourth-order valence-electron chi connectivity index (χ4n) is 2.13. The van der Waals surface area contributed by atoms with Gasteiger partial charge in [-0.2, -0.15) is 0 Å². The predicted molar refractivity (Wildman–Crippen MR) is 82.3 cm³/mol. The van der Waals surface area contributed by atoms with E-state index in [1.54, 1.807) is 4.90 Å². The number of aliphatic hydroxyl groups is 1. The highest BCUT2D eigenvalue weighted by molar-refractivity contribution is 5.76. The number of aliphatic hydroxyl groups excluding tert-OH is 1. The maximum absolute atomic E-state index is 12.1. The molecule has 0 aromatic rings. The highest BCUT2D eigenvalue weighted by Crippen LogP contribution is 2.07. The number of nitrogens with zero attached hydrogens (tertiary/aromatic N) is 1. The van der Waals surface area contributed by atoms with Gasteiger partial charge < -0.3 is 20.4 Å². The van der Waals surface area contributed by atoms with Crippen molar-refractivity contribution in [2.24, 2.45) is 0 Å². The van der Waals surface area contributed by atoms with E-state index in [1.165, 1.54) is 19.3 Å². The molecule has 0 atom stereocenters. The molecule has 0 aliphatic carbocycles. The lowest BCUT2D eigenvalue weighted by molar-refractivity contribution is -0.131. The van der Waals surface area contributed by atoms with Crippen molar-refractivity contribution < 1.29 is 19.8 Å². The summed E-state index contributed by atoms with van der Waals surface area (Å²) in [5, 5.41) is 19.7. The lowest BCUT2D eigenvalue weighted by atomic mass is 10.1. The van der Waals surface area contributed by atoms with Gasteiger partial charge in [-0.15, -0.1) is 0 Å². The normalized spacial score (nSPS) is 10.4. The topological polar surface area (TPSA) is 89.9 Å². The number of carbonyl (C=O) groups excluding carboxylic acids is 1. The van der Waals surface area contributed by atoms with Crippen LogP contribution < -0.4 is 5.32 Å². The van der Waals surface area contributed by atoms with E-state index in [0.29, 0.717) is 38.9 Å². The number of unbranched alkanes of at least 4 members (excludes halogenated alkanes) is 4. The minimum absolute atomic E-state index is 0.0632. The molecule has 0 unspecified atom stereocenters. The third-order valence-corrected chi connectivity index (χ3v) is 3.31. The molecule has 0 radical (unpaired) electrons. The number of hydrogen-bond acceptors (Lipinski definition) is 3. The zero-order valence-corrected chi connectivity index (χ0v) is 13.1. The molecular formula is C15H30N2O4. The van der Waals surface area contributed by atoms with Gasteiger partial charge in [0.25, 0.3) is 0 Å². The number of nitrogens with one attached hydrogen (secondary N) is 1. The van der Waals surface area contributed by atoms with Crippen LogP contribution in [0.1, 0.15) is 58.3 Å². The van der Waals surface area contributed by atoms with E-state index >= 15 is 0 Å². The highest BCUT2D eigenvalue weighted by atomic mass is 16.4. The molecule has 2 amide bonds. The van der Waals surface area contributed by atoms with Gasteiger partial charge in [0.05, 0.1) is 0 Å². The Kier molecular flexibility index (Phi) is 12.8. The van der Waals surface area contributed by atoms with Crippen molar-refractivity contribution in [3.8, 4) is 0 Å². The maximum Gasteiger partial charge on any atom is 0.404 e. The first kappa shape index (κ1) is 19.7. The smallest absolute Gasteiger partial charge is 0.404 e. The Labute approximate surface area is 127 Å². The summed E-state index contributed by atoms with van der Waals surface area (Å²) >= 11 is 0. The van der Waals surface area contributed by atoms with Crippen LogP contribution in [0.5, 0.6) is 0 Å². The van der Waals surface area contributed by atoms with Gasteiger partial charge in [-0.25, -0.2) is 4.79 Å². The Morgan fingerprint density at radius 2 is 1.67 bits per heavy atom. The van der Waals surface area contributed by atoms with E-state index in [-0.39, 0.29) is 12.5 Å². The number of amides is 2. The molecule has 6 heteroatoms. The monoisotopic (exact) mass is 302 g/mol. The van der Waals surface area contributed by atoms with Crippen LogP contribution in [-0.2, 0) is 4.79 Å². The molecule has 0 rings (SSSR count). The number of rotatable bonds is 13. The fraction of sp³-hybridized carbons (Fsp3) is 0.867. The quantitative estimate of drug-likeness (QED) is 0.455. The van der Waals surface area contributed by atoms with Gasteiger partial charge in [0, 0.05) is 32.7 Å². The Morgan fingerprint density at radius 1 is 1.00 bits per heavy atom. The summed E-state index contributed by atoms with van der Waals surface area (Å²) in [5.41, 5.74) is 0. The van der Waals surface area contributed by atoms with Gasteiger partial charge in [0.15, 0.2) is 0 Å². The van der Waals surface area contributed by atoms with Gasteiger partial charge in [-0.05, 0) is 19.3 Å². The summed E-state index contributed by atoms with van der Waals surface area (Å²) in [6.07, 6.45) is 6.21. The van der Waals surface area contributed by atoms with Crippen molar-refractivity contribution in [2.75, 3.05) is 26.2 Å². The second kappa shape index (κ2) is 13.7. The van der Waals surface area contributed by atoms with Crippen LogP contribution in [0.15, 0.2) is 0 Å². The third kappa shape index (κ3) is 12.2. The van der Waals surface area contributed by atoms with E-state index in [4.69, 9.17) is 10.2 Å². The van der Waals surface area contributed by atoms with Crippen LogP contribution in [0.25, 0.3) is 0 Å². The van der Waals surface area contributed by atoms with Crippen molar-refractivity contribution in [3.63, 3.8) is 0 Å². The summed E-state index contributed by atoms with van der Waals surface area (Å²) in [4.78, 5) is 24.2. The molecule has 0 saturated heterocycles. The summed E-state index contributed by atoms with van der Waals surface area (Å²) in [7, 11) is 0. The van der Waals surface area contributed by atoms with Crippen molar-refractivity contribution in [2.45, 2.75) is 58.3 Å². The summed E-state index contributed by atoms with van der Waals surface area (Å²) in [6.45, 7) is 3.64. The molecule has 21 heavy (non-hydrogen) atoms. The average Bonchev–Trinajstić information content (AvgIpc) is 2.45. The summed E-state index contributed by atoms with van der Waals surface area (Å²) in [5.74, 6) is 0.107. The Hall–Kier alpha value is -1.30. The van der Waals surface area contributed by atoms with Gasteiger partial charge in [0.1, 0.15) is 0 Å². The van der Waals surface area contributed by atoms with Crippen LogP contribution in [0.3, 0.4) is 0 Å². The Morgan fingerprint density at radius 3 is 2.29 bits per heavy atom. The first-order valence-electron chi connectivity index (χ1n) is 7.97.